The maximum Gasteiger partial charge on any atom is 0.253 e. The van der Waals surface area contributed by atoms with Gasteiger partial charge in [-0.05, 0) is 56.2 Å². The molecule has 1 aliphatic heterocycles. The minimum Gasteiger partial charge on any atom is -0.352 e. The molecule has 0 aliphatic carbocycles. The number of rotatable bonds is 9. The third kappa shape index (κ3) is 7.07. The number of aryl methyl sites for hydroxylation is 1. The molecule has 0 aromatic heterocycles. The first-order valence-corrected chi connectivity index (χ1v) is 12.4. The summed E-state index contributed by atoms with van der Waals surface area (Å²) < 4.78 is 0. The molecule has 2 aromatic carbocycles. The Kier molecular flexibility index (Phi) is 9.52. The van der Waals surface area contributed by atoms with Gasteiger partial charge in [0.05, 0.1) is 10.6 Å². The monoisotopic (exact) mass is 483 g/mol. The first-order chi connectivity index (χ1) is 16.4. The molecule has 34 heavy (non-hydrogen) atoms. The van der Waals surface area contributed by atoms with Gasteiger partial charge in [0, 0.05) is 25.6 Å². The summed E-state index contributed by atoms with van der Waals surface area (Å²) in [6, 6.07) is 16.1. The van der Waals surface area contributed by atoms with E-state index in [0.717, 1.165) is 12.0 Å². The molecule has 0 spiro atoms. The molecule has 2 aromatic rings. The van der Waals surface area contributed by atoms with Gasteiger partial charge in [0.2, 0.25) is 11.8 Å². The molecule has 3 rings (SSSR count). The molecule has 1 aliphatic rings. The lowest BCUT2D eigenvalue weighted by molar-refractivity contribution is -0.133. The highest BCUT2D eigenvalue weighted by molar-refractivity contribution is 6.33. The lowest BCUT2D eigenvalue weighted by Gasteiger charge is -2.36. The second-order valence-corrected chi connectivity index (χ2v) is 9.36. The Morgan fingerprint density at radius 3 is 2.29 bits per heavy atom. The number of hydrogen-bond donors (Lipinski definition) is 2. The van der Waals surface area contributed by atoms with Crippen molar-refractivity contribution in [3.8, 4) is 0 Å². The van der Waals surface area contributed by atoms with Crippen LogP contribution in [0.5, 0.6) is 0 Å². The predicted octanol–water partition coefficient (Wildman–Crippen LogP) is 4.22. The quantitative estimate of drug-likeness (QED) is 0.560. The second kappa shape index (κ2) is 12.6. The fourth-order valence-corrected chi connectivity index (χ4v) is 4.45. The SMILES string of the molecule is CC[C@H](C)NC(=O)[C@@H](NC(=O)c1ccccc1Cl)C1CCN(C(=O)CCc2ccccc2)CC1. The topological polar surface area (TPSA) is 78.5 Å². The Balaban J connectivity index is 1.62. The van der Waals surface area contributed by atoms with Crippen molar-refractivity contribution >= 4 is 29.3 Å². The number of nitrogens with one attached hydrogen (secondary N) is 2. The number of nitrogens with zero attached hydrogens (tertiary/aromatic N) is 1. The summed E-state index contributed by atoms with van der Waals surface area (Å²) in [6.07, 6.45) is 3.28. The molecule has 1 saturated heterocycles. The minimum atomic E-state index is -0.681. The van der Waals surface area contributed by atoms with Crippen LogP contribution in [-0.2, 0) is 16.0 Å². The van der Waals surface area contributed by atoms with E-state index >= 15 is 0 Å². The van der Waals surface area contributed by atoms with Crippen molar-refractivity contribution in [2.45, 2.75) is 58.0 Å². The van der Waals surface area contributed by atoms with Crippen LogP contribution in [0, 0.1) is 5.92 Å². The molecule has 2 N–H and O–H groups in total. The molecule has 0 unspecified atom stereocenters. The standard InChI is InChI=1S/C27H34ClN3O3/c1-3-19(2)29-27(34)25(30-26(33)22-11-7-8-12-23(22)28)21-15-17-31(18-16-21)24(32)14-13-20-9-5-4-6-10-20/h4-12,19,21,25H,3,13-18H2,1-2H3,(H,29,34)(H,30,33)/t19-,25-/m0/s1. The van der Waals surface area contributed by atoms with E-state index in [1.165, 1.54) is 0 Å². The van der Waals surface area contributed by atoms with Crippen molar-refractivity contribution in [1.82, 2.24) is 15.5 Å². The van der Waals surface area contributed by atoms with Crippen LogP contribution < -0.4 is 10.6 Å². The normalized spacial score (nSPS) is 15.9. The van der Waals surface area contributed by atoms with Gasteiger partial charge in [-0.3, -0.25) is 14.4 Å². The highest BCUT2D eigenvalue weighted by atomic mass is 35.5. The van der Waals surface area contributed by atoms with Crippen LogP contribution in [-0.4, -0.2) is 47.8 Å². The summed E-state index contributed by atoms with van der Waals surface area (Å²) in [4.78, 5) is 40.6. The fraction of sp³-hybridized carbons (Fsp3) is 0.444. The van der Waals surface area contributed by atoms with E-state index in [0.29, 0.717) is 49.4 Å². The second-order valence-electron chi connectivity index (χ2n) is 8.95. The maximum absolute atomic E-state index is 13.1. The highest BCUT2D eigenvalue weighted by Crippen LogP contribution is 2.23. The number of carbonyl (C=O) groups is 3. The lowest BCUT2D eigenvalue weighted by Crippen LogP contribution is -2.55. The summed E-state index contributed by atoms with van der Waals surface area (Å²) in [5.41, 5.74) is 1.49. The van der Waals surface area contributed by atoms with E-state index in [9.17, 15) is 14.4 Å². The van der Waals surface area contributed by atoms with Gasteiger partial charge in [0.1, 0.15) is 6.04 Å². The van der Waals surface area contributed by atoms with E-state index in [-0.39, 0.29) is 29.7 Å². The van der Waals surface area contributed by atoms with Crippen molar-refractivity contribution in [3.63, 3.8) is 0 Å². The number of benzene rings is 2. The van der Waals surface area contributed by atoms with Gasteiger partial charge < -0.3 is 15.5 Å². The molecule has 0 bridgehead atoms. The number of carbonyl (C=O) groups excluding carboxylic acids is 3. The maximum atomic E-state index is 13.1. The molecule has 1 fully saturated rings. The zero-order chi connectivity index (χ0) is 24.5. The fourth-order valence-electron chi connectivity index (χ4n) is 4.23. The van der Waals surface area contributed by atoms with Gasteiger partial charge >= 0.3 is 0 Å². The molecular formula is C27H34ClN3O3. The van der Waals surface area contributed by atoms with Gasteiger partial charge in [-0.2, -0.15) is 0 Å². The van der Waals surface area contributed by atoms with Crippen LogP contribution >= 0.6 is 11.6 Å². The molecule has 6 nitrogen and oxygen atoms in total. The number of likely N-dealkylation sites (tertiary alicyclic amines) is 1. The third-order valence-corrected chi connectivity index (χ3v) is 6.85. The van der Waals surface area contributed by atoms with Crippen molar-refractivity contribution in [1.29, 1.82) is 0 Å². The van der Waals surface area contributed by atoms with Gasteiger partial charge in [0.25, 0.3) is 5.91 Å². The van der Waals surface area contributed by atoms with Crippen molar-refractivity contribution in [2.75, 3.05) is 13.1 Å². The zero-order valence-corrected chi connectivity index (χ0v) is 20.7. The van der Waals surface area contributed by atoms with Gasteiger partial charge in [-0.15, -0.1) is 0 Å². The molecule has 1 heterocycles. The molecule has 182 valence electrons. The zero-order valence-electron chi connectivity index (χ0n) is 19.9. The Hall–Kier alpha value is -2.86. The van der Waals surface area contributed by atoms with Gasteiger partial charge in [-0.1, -0.05) is 61.0 Å². The van der Waals surface area contributed by atoms with E-state index < -0.39 is 6.04 Å². The van der Waals surface area contributed by atoms with Crippen LogP contribution in [0.2, 0.25) is 5.02 Å². The molecular weight excluding hydrogens is 450 g/mol. The van der Waals surface area contributed by atoms with Gasteiger partial charge in [0.15, 0.2) is 0 Å². The summed E-state index contributed by atoms with van der Waals surface area (Å²) in [5, 5.41) is 6.28. The van der Waals surface area contributed by atoms with E-state index in [2.05, 4.69) is 10.6 Å². The van der Waals surface area contributed by atoms with Crippen molar-refractivity contribution < 1.29 is 14.4 Å². The summed E-state index contributed by atoms with van der Waals surface area (Å²) in [6.45, 7) is 5.10. The van der Waals surface area contributed by atoms with Crippen LogP contribution in [0.1, 0.15) is 55.5 Å². The summed E-state index contributed by atoms with van der Waals surface area (Å²) in [5.74, 6) is -0.489. The smallest absolute Gasteiger partial charge is 0.253 e. The number of hydrogen-bond acceptors (Lipinski definition) is 3. The molecule has 0 radical (unpaired) electrons. The highest BCUT2D eigenvalue weighted by Gasteiger charge is 2.34. The largest absolute Gasteiger partial charge is 0.352 e. The number of halogens is 1. The Bertz CT molecular complexity index is 974. The van der Waals surface area contributed by atoms with Crippen LogP contribution in [0.25, 0.3) is 0 Å². The molecule has 2 atom stereocenters. The molecule has 0 saturated carbocycles. The summed E-state index contributed by atoms with van der Waals surface area (Å²) >= 11 is 6.20. The van der Waals surface area contributed by atoms with E-state index in [1.807, 2.05) is 49.1 Å². The third-order valence-electron chi connectivity index (χ3n) is 6.52. The van der Waals surface area contributed by atoms with Crippen molar-refractivity contribution in [2.24, 2.45) is 5.92 Å². The van der Waals surface area contributed by atoms with Crippen LogP contribution in [0.15, 0.2) is 54.6 Å². The van der Waals surface area contributed by atoms with Crippen LogP contribution in [0.4, 0.5) is 0 Å². The Morgan fingerprint density at radius 1 is 1.00 bits per heavy atom. The minimum absolute atomic E-state index is 0.00636. The van der Waals surface area contributed by atoms with E-state index in [4.69, 9.17) is 11.6 Å². The number of amides is 3. The van der Waals surface area contributed by atoms with E-state index in [1.54, 1.807) is 24.3 Å². The molecule has 3 amide bonds. The Morgan fingerprint density at radius 2 is 1.65 bits per heavy atom. The first-order valence-electron chi connectivity index (χ1n) is 12.1. The number of piperidine rings is 1. The first kappa shape index (κ1) is 25.8. The van der Waals surface area contributed by atoms with Crippen molar-refractivity contribution in [3.05, 3.63) is 70.7 Å². The predicted molar refractivity (Wildman–Crippen MR) is 135 cm³/mol. The summed E-state index contributed by atoms with van der Waals surface area (Å²) in [7, 11) is 0. The Labute approximate surface area is 207 Å². The average molecular weight is 484 g/mol. The molecule has 7 heteroatoms. The van der Waals surface area contributed by atoms with Gasteiger partial charge in [-0.25, -0.2) is 0 Å². The average Bonchev–Trinajstić information content (AvgIpc) is 2.86. The lowest BCUT2D eigenvalue weighted by atomic mass is 9.88. The van der Waals surface area contributed by atoms with Crippen LogP contribution in [0.3, 0.4) is 0 Å².